The number of rotatable bonds is 6. The summed E-state index contributed by atoms with van der Waals surface area (Å²) >= 11 is 27.1. The molecule has 0 atom stereocenters. The van der Waals surface area contributed by atoms with Crippen LogP contribution in [0.2, 0.25) is 0 Å². The molecule has 0 spiro atoms. The van der Waals surface area contributed by atoms with E-state index in [0.717, 1.165) is 42.7 Å². The predicted molar refractivity (Wildman–Crippen MR) is 180 cm³/mol. The second-order valence-corrected chi connectivity index (χ2v) is 9.30. The van der Waals surface area contributed by atoms with Crippen molar-refractivity contribution in [2.45, 2.75) is 0 Å². The Balaban J connectivity index is -0.000000165. The number of hydrogen-bond donors (Lipinski definition) is 0. The quantitative estimate of drug-likeness (QED) is 0.122. The van der Waals surface area contributed by atoms with Crippen LogP contribution >= 0.6 is 0 Å². The Morgan fingerprint density at radius 2 is 0.396 bits per heavy atom. The maximum Gasteiger partial charge on any atom is 3.00 e. The van der Waals surface area contributed by atoms with E-state index in [9.17, 15) is 28.8 Å². The molecule has 2 rings (SSSR count). The van der Waals surface area contributed by atoms with E-state index in [1.807, 2.05) is 64.2 Å². The monoisotopic (exact) mass is 944 g/mol. The van der Waals surface area contributed by atoms with Crippen LogP contribution in [0.4, 0.5) is 0 Å². The Hall–Kier alpha value is -1.26. The third-order valence-electron chi connectivity index (χ3n) is 3.95. The van der Waals surface area contributed by atoms with E-state index in [4.69, 9.17) is 0 Å². The Morgan fingerprint density at radius 3 is 0.458 bits per heavy atom. The first kappa shape index (κ1) is 56.1. The van der Waals surface area contributed by atoms with Gasteiger partial charge in [0.2, 0.25) is 0 Å². The zero-order valence-electron chi connectivity index (χ0n) is 25.9. The van der Waals surface area contributed by atoms with E-state index in [1.165, 1.54) is 0 Å². The van der Waals surface area contributed by atoms with Gasteiger partial charge >= 0.3 is 56.9 Å². The van der Waals surface area contributed by atoms with Gasteiger partial charge in [-0.2, -0.15) is 0 Å². The molecule has 263 valence electrons. The van der Waals surface area contributed by atoms with E-state index in [0.29, 0.717) is 0 Å². The molecule has 12 nitrogen and oxygen atoms in total. The summed E-state index contributed by atoms with van der Waals surface area (Å²) in [6, 6.07) is 0. The van der Waals surface area contributed by atoms with Crippen molar-refractivity contribution in [3.63, 3.8) is 0 Å². The molecule has 20 heteroatoms. The number of carbonyl (C=O) groups excluding carboxylic acids is 6. The average Bonchev–Trinajstić information content (AvgIpc) is 3.88. The van der Waals surface area contributed by atoms with E-state index in [-0.39, 0.29) is 71.6 Å². The fourth-order valence-electron chi connectivity index (χ4n) is 1.75. The van der Waals surface area contributed by atoms with Crippen molar-refractivity contribution < 1.29 is 99.3 Å². The molecule has 2 saturated carbocycles. The number of ether oxygens (including phenoxy) is 6. The van der Waals surface area contributed by atoms with Gasteiger partial charge in [-0.3, -0.25) is 0 Å². The average molecular weight is 941 g/mol. The summed E-state index contributed by atoms with van der Waals surface area (Å²) in [6.07, 6.45) is 20.0. The molecule has 0 aliphatic heterocycles. The van der Waals surface area contributed by atoms with Gasteiger partial charge in [-0.25, -0.2) is 28.8 Å². The van der Waals surface area contributed by atoms with Crippen molar-refractivity contribution in [3.05, 3.63) is 93.6 Å². The summed E-state index contributed by atoms with van der Waals surface area (Å²) in [4.78, 5) is 62.3. The molecule has 2 fully saturated rings. The van der Waals surface area contributed by atoms with Crippen LogP contribution in [0.15, 0.2) is 29.4 Å². The Kier molecular flexibility index (Phi) is 41.6. The molecule has 0 aromatic carbocycles. The van der Waals surface area contributed by atoms with Crippen LogP contribution in [0.3, 0.4) is 0 Å². The van der Waals surface area contributed by atoms with Gasteiger partial charge in [0.05, 0.1) is 42.7 Å². The van der Waals surface area contributed by atoms with Gasteiger partial charge in [0.25, 0.3) is 0 Å². The Morgan fingerprint density at radius 1 is 0.312 bits per heavy atom. The molecule has 0 heterocycles. The summed E-state index contributed by atoms with van der Waals surface area (Å²) in [5.41, 5.74) is 0. The smallest absolute Gasteiger partial charge is 0.774 e. The topological polar surface area (TPSA) is 158 Å². The van der Waals surface area contributed by atoms with Crippen LogP contribution in [0.5, 0.6) is 0 Å². The fourth-order valence-corrected chi connectivity index (χ4v) is 2.75. The van der Waals surface area contributed by atoms with Gasteiger partial charge in [-0.15, -0.1) is 29.4 Å². The standard InChI is InChI=1S/3C6H8O4S2.2C5H5.2Mo/c3*1-9-5(7)3(11)4(12)6(8)10-2;2*1-2-4-5-3-1;;/h3*11-12H,1-2H3;2*1-5H;;/q;;;;;;+3/p-6/b3*4-3-;;;;. The van der Waals surface area contributed by atoms with Crippen molar-refractivity contribution in [1.29, 1.82) is 0 Å². The molecule has 48 heavy (non-hydrogen) atoms. The molecular formula is C28H28Mo2O12S6-3. The van der Waals surface area contributed by atoms with Crippen LogP contribution in [0.25, 0.3) is 0 Å². The minimum absolute atomic E-state index is 0. The molecule has 0 amide bonds. The van der Waals surface area contributed by atoms with Crippen molar-refractivity contribution in [2.75, 3.05) is 42.7 Å². The molecular weight excluding hydrogens is 913 g/mol. The van der Waals surface area contributed by atoms with Crippen molar-refractivity contribution >= 4 is 112 Å². The Labute approximate surface area is 344 Å². The van der Waals surface area contributed by atoms with E-state index < -0.39 is 35.8 Å². The zero-order chi connectivity index (χ0) is 36.2. The third kappa shape index (κ3) is 26.6. The molecule has 0 aromatic rings. The van der Waals surface area contributed by atoms with Crippen molar-refractivity contribution in [2.24, 2.45) is 0 Å². The molecule has 0 bridgehead atoms. The maximum absolute atomic E-state index is 10.7. The number of hydrogen-bond acceptors (Lipinski definition) is 18. The maximum atomic E-state index is 10.7. The molecule has 2 aliphatic rings. The van der Waals surface area contributed by atoms with Crippen LogP contribution < -0.4 is 0 Å². The van der Waals surface area contributed by atoms with E-state index in [2.05, 4.69) is 104 Å². The molecule has 0 saturated heterocycles. The normalized spacial score (nSPS) is 13.6. The summed E-state index contributed by atoms with van der Waals surface area (Å²) in [5, 5.41) is 0. The van der Waals surface area contributed by atoms with Crippen LogP contribution in [-0.2, 0) is 175 Å². The van der Waals surface area contributed by atoms with Gasteiger partial charge in [0.1, 0.15) is 0 Å². The molecule has 0 N–H and O–H groups in total. The van der Waals surface area contributed by atoms with Gasteiger partial charge in [0.15, 0.2) is 0 Å². The summed E-state index contributed by atoms with van der Waals surface area (Å²) in [7, 11) is 6.88. The minimum atomic E-state index is -0.805. The number of methoxy groups -OCH3 is 6. The first-order chi connectivity index (χ1) is 21.6. The first-order valence-electron chi connectivity index (χ1n) is 11.7. The third-order valence-corrected chi connectivity index (χ3v) is 6.57. The zero-order valence-corrected chi connectivity index (χ0v) is 34.9. The van der Waals surface area contributed by atoms with Crippen molar-refractivity contribution in [1.82, 2.24) is 0 Å². The Bertz CT molecular complexity index is 890. The van der Waals surface area contributed by atoms with Crippen LogP contribution in [-0.4, -0.2) is 78.5 Å². The van der Waals surface area contributed by atoms with Crippen LogP contribution in [0, 0.1) is 64.2 Å². The molecule has 0 aromatic heterocycles. The molecule has 2 aliphatic carbocycles. The summed E-state index contributed by atoms with van der Waals surface area (Å²) in [5.74, 6) is -4.83. The predicted octanol–water partition coefficient (Wildman–Crippen LogP) is 0.951. The van der Waals surface area contributed by atoms with E-state index in [1.54, 1.807) is 0 Å². The molecule has 11 radical (unpaired) electrons. The van der Waals surface area contributed by atoms with Gasteiger partial charge in [-0.05, 0) is 64.2 Å². The second-order valence-electron chi connectivity index (χ2n) is 6.85. The number of esters is 6. The second kappa shape index (κ2) is 35.6. The summed E-state index contributed by atoms with van der Waals surface area (Å²) < 4.78 is 25.5. The summed E-state index contributed by atoms with van der Waals surface area (Å²) in [6.45, 7) is 0. The largest absolute Gasteiger partial charge is 3.00 e. The fraction of sp³-hybridized carbons (Fsp3) is 0.214. The minimum Gasteiger partial charge on any atom is -0.774 e. The van der Waals surface area contributed by atoms with Crippen molar-refractivity contribution in [3.8, 4) is 0 Å². The van der Waals surface area contributed by atoms with Gasteiger partial charge < -0.3 is 104 Å². The van der Waals surface area contributed by atoms with Crippen LogP contribution in [0.1, 0.15) is 0 Å². The van der Waals surface area contributed by atoms with E-state index >= 15 is 0 Å². The number of carbonyl (C=O) groups is 6. The van der Waals surface area contributed by atoms with Gasteiger partial charge in [-0.1, -0.05) is 0 Å². The molecule has 0 unspecified atom stereocenters. The first-order valence-corrected chi connectivity index (χ1v) is 14.2. The van der Waals surface area contributed by atoms with Gasteiger partial charge in [0, 0.05) is 21.1 Å². The SMILES string of the molecule is COC(=O)/C([S-])=C(/[S-])C(=O)OC.COC(=O)/C([S-])=C(/[S-])C(=O)OC.COC(=O)/C([S-])=C(/[S-])C(=O)OC.[CH]1[CH][CH][CH][CH]1.[CH]1[CH][CH][CH][CH]1.[Mo+3].[Mo].